The zero-order valence-electron chi connectivity index (χ0n) is 19.6. The molecule has 2 aromatic rings. The van der Waals surface area contributed by atoms with Crippen molar-refractivity contribution in [2.24, 2.45) is 0 Å². The van der Waals surface area contributed by atoms with Gasteiger partial charge in [-0.15, -0.1) is 0 Å². The number of nitrogens with one attached hydrogen (secondary N) is 1. The Kier molecular flexibility index (Phi) is 5.95. The van der Waals surface area contributed by atoms with E-state index in [1.165, 1.54) is 6.07 Å². The maximum absolute atomic E-state index is 14.5. The fraction of sp³-hybridized carbons (Fsp3) is 0.400. The first-order chi connectivity index (χ1) is 16.8. The molecular weight excluding hydrogens is 441 g/mol. The minimum absolute atomic E-state index is 0.00496. The molecule has 0 radical (unpaired) electrons. The molecule has 0 aliphatic carbocycles. The van der Waals surface area contributed by atoms with Gasteiger partial charge in [0.15, 0.2) is 0 Å². The maximum atomic E-state index is 14.5. The number of carbonyl (C=O) groups is 3. The van der Waals surface area contributed by atoms with Gasteiger partial charge < -0.3 is 14.4 Å². The average Bonchev–Trinajstić information content (AvgIpc) is 3.20. The van der Waals surface area contributed by atoms with Crippen LogP contribution in [0.3, 0.4) is 0 Å². The van der Waals surface area contributed by atoms with Gasteiger partial charge in [0.2, 0.25) is 11.8 Å². The molecule has 0 aromatic heterocycles. The Balaban J connectivity index is 1.32. The van der Waals surface area contributed by atoms with Crippen LogP contribution in [0.15, 0.2) is 36.4 Å². The Morgan fingerprint density at radius 3 is 2.79 bits per heavy atom. The predicted octanol–water partition coefficient (Wildman–Crippen LogP) is 2.00. The third-order valence-electron chi connectivity index (χ3n) is 6.36. The van der Waals surface area contributed by atoms with Gasteiger partial charge in [-0.1, -0.05) is 12.1 Å². The molecule has 0 spiro atoms. The van der Waals surface area contributed by atoms with Crippen LogP contribution in [0, 0.1) is 5.82 Å². The highest BCUT2D eigenvalue weighted by Crippen LogP contribution is 2.34. The number of nitrogens with zero attached hydrogens (tertiary/aromatic N) is 2. The molecule has 0 saturated carbocycles. The molecule has 34 heavy (non-hydrogen) atoms. The van der Waals surface area contributed by atoms with E-state index in [1.807, 2.05) is 0 Å². The summed E-state index contributed by atoms with van der Waals surface area (Å²) < 4.78 is 34.5. The molecule has 9 heteroatoms. The molecule has 5 rings (SSSR count). The van der Waals surface area contributed by atoms with Gasteiger partial charge >= 0.3 is 0 Å². The summed E-state index contributed by atoms with van der Waals surface area (Å²) in [5.41, 5.74) is 2.25. The van der Waals surface area contributed by atoms with E-state index in [9.17, 15) is 18.8 Å². The van der Waals surface area contributed by atoms with Gasteiger partial charge in [0.05, 0.1) is 21.1 Å². The van der Waals surface area contributed by atoms with Crippen LogP contribution >= 0.6 is 0 Å². The largest absolute Gasteiger partial charge is 0.488 e. The van der Waals surface area contributed by atoms with Crippen LogP contribution in [0.1, 0.15) is 41.3 Å². The fourth-order valence-electron chi connectivity index (χ4n) is 4.53. The minimum Gasteiger partial charge on any atom is -0.488 e. The van der Waals surface area contributed by atoms with Crippen LogP contribution in [-0.4, -0.2) is 59.8 Å². The number of hydrogen-bond acceptors (Lipinski definition) is 6. The summed E-state index contributed by atoms with van der Waals surface area (Å²) in [6.07, 6.45) is -0.0898. The highest BCUT2D eigenvalue weighted by Gasteiger charge is 2.40. The lowest BCUT2D eigenvalue weighted by molar-refractivity contribution is -0.136. The molecule has 2 aromatic carbocycles. The second-order valence-corrected chi connectivity index (χ2v) is 8.60. The second-order valence-electron chi connectivity index (χ2n) is 8.60. The van der Waals surface area contributed by atoms with Gasteiger partial charge in [0, 0.05) is 42.7 Å². The summed E-state index contributed by atoms with van der Waals surface area (Å²) >= 11 is 0. The molecule has 1 N–H and O–H groups in total. The van der Waals surface area contributed by atoms with Gasteiger partial charge in [0.1, 0.15) is 24.2 Å². The van der Waals surface area contributed by atoms with E-state index < -0.39 is 23.7 Å². The van der Waals surface area contributed by atoms with Crippen molar-refractivity contribution < 1.29 is 29.6 Å². The molecule has 3 aliphatic heterocycles. The van der Waals surface area contributed by atoms with Crippen molar-refractivity contribution in [3.63, 3.8) is 0 Å². The van der Waals surface area contributed by atoms with Gasteiger partial charge in [-0.2, -0.15) is 0 Å². The monoisotopic (exact) mass is 468 g/mol. The maximum Gasteiger partial charge on any atom is 0.255 e. The van der Waals surface area contributed by atoms with Crippen molar-refractivity contribution in [3.8, 4) is 5.75 Å². The van der Waals surface area contributed by atoms with E-state index >= 15 is 0 Å². The molecule has 178 valence electrons. The van der Waals surface area contributed by atoms with Crippen LogP contribution in [0.5, 0.6) is 5.75 Å². The number of amides is 3. The lowest BCUT2D eigenvalue weighted by Gasteiger charge is -2.29. The average molecular weight is 469 g/mol. The Morgan fingerprint density at radius 1 is 1.18 bits per heavy atom. The molecule has 2 saturated heterocycles. The van der Waals surface area contributed by atoms with Crippen LogP contribution in [0.2, 0.25) is 0 Å². The highest BCUT2D eigenvalue weighted by molar-refractivity contribution is 6.05. The van der Waals surface area contributed by atoms with E-state index in [0.717, 1.165) is 23.6 Å². The van der Waals surface area contributed by atoms with Crippen LogP contribution in [-0.2, 0) is 34.0 Å². The smallest absolute Gasteiger partial charge is 0.255 e. The summed E-state index contributed by atoms with van der Waals surface area (Å²) in [5.74, 6) is -1.72. The Labute approximate surface area is 198 Å². The molecule has 3 heterocycles. The van der Waals surface area contributed by atoms with Crippen LogP contribution < -0.4 is 10.1 Å². The molecular formula is C25H26FN3O5. The number of halogens is 1. The lowest BCUT2D eigenvalue weighted by Crippen LogP contribution is -2.52. The SMILES string of the molecule is [2H][C@]1(N2Cc3c(OCc4cc(CN5CCOCC5)ccc4F)cccc3C2=O)CCC(=O)NC1=O. The molecule has 3 aliphatic rings. The first-order valence-corrected chi connectivity index (χ1v) is 11.3. The molecule has 2 fully saturated rings. The van der Waals surface area contributed by atoms with Crippen molar-refractivity contribution in [2.45, 2.75) is 38.6 Å². The summed E-state index contributed by atoms with van der Waals surface area (Å²) in [6.45, 7) is 3.68. The fourth-order valence-corrected chi connectivity index (χ4v) is 4.53. The van der Waals surface area contributed by atoms with Crippen LogP contribution in [0.25, 0.3) is 0 Å². The molecule has 0 unspecified atom stereocenters. The molecule has 3 amide bonds. The number of imide groups is 1. The Morgan fingerprint density at radius 2 is 2.00 bits per heavy atom. The summed E-state index contributed by atoms with van der Waals surface area (Å²) in [4.78, 5) is 40.4. The number of carbonyl (C=O) groups excluding carboxylic acids is 3. The zero-order chi connectivity index (χ0) is 24.6. The first-order valence-electron chi connectivity index (χ1n) is 11.8. The van der Waals surface area contributed by atoms with E-state index in [4.69, 9.17) is 10.8 Å². The summed E-state index contributed by atoms with van der Waals surface area (Å²) in [7, 11) is 0. The normalized spacial score (nSPS) is 23.5. The van der Waals surface area contributed by atoms with E-state index in [2.05, 4.69) is 10.2 Å². The first kappa shape index (κ1) is 21.2. The number of rotatable bonds is 6. The van der Waals surface area contributed by atoms with Gasteiger partial charge in [-0.3, -0.25) is 24.6 Å². The van der Waals surface area contributed by atoms with Crippen molar-refractivity contribution in [1.82, 2.24) is 15.1 Å². The minimum atomic E-state index is -1.87. The second kappa shape index (κ2) is 9.52. The van der Waals surface area contributed by atoms with Gasteiger partial charge in [-0.05, 0) is 36.2 Å². The zero-order valence-corrected chi connectivity index (χ0v) is 18.6. The van der Waals surface area contributed by atoms with E-state index in [0.29, 0.717) is 42.2 Å². The van der Waals surface area contributed by atoms with E-state index in [1.54, 1.807) is 30.3 Å². The highest BCUT2D eigenvalue weighted by atomic mass is 19.1. The van der Waals surface area contributed by atoms with Gasteiger partial charge in [-0.25, -0.2) is 4.39 Å². The Hall–Kier alpha value is -3.30. The van der Waals surface area contributed by atoms with Crippen molar-refractivity contribution >= 4 is 17.7 Å². The van der Waals surface area contributed by atoms with Crippen molar-refractivity contribution in [1.29, 1.82) is 0 Å². The lowest BCUT2D eigenvalue weighted by atomic mass is 10.0. The third-order valence-corrected chi connectivity index (χ3v) is 6.36. The summed E-state index contributed by atoms with van der Waals surface area (Å²) in [5, 5.41) is 2.15. The standard InChI is InChI=1S/C25H26FN3O5/c26-20-5-4-16(13-28-8-10-33-11-9-28)12-17(20)15-34-22-3-1-2-18-19(22)14-29(25(18)32)21-6-7-23(30)27-24(21)31/h1-5,12,21H,6-11,13-15H2,(H,27,30,31)/t21-/m0/s1/i21D. The summed E-state index contributed by atoms with van der Waals surface area (Å²) in [6, 6.07) is 8.06. The number of ether oxygens (including phenoxy) is 2. The Bertz CT molecular complexity index is 1190. The number of hydrogen-bond donors (Lipinski definition) is 1. The predicted molar refractivity (Wildman–Crippen MR) is 119 cm³/mol. The van der Waals surface area contributed by atoms with Crippen molar-refractivity contribution in [3.05, 3.63) is 64.5 Å². The third kappa shape index (κ3) is 4.53. The number of piperidine rings is 1. The molecule has 8 nitrogen and oxygen atoms in total. The quantitative estimate of drug-likeness (QED) is 0.653. The number of morpholine rings is 1. The van der Waals surface area contributed by atoms with E-state index in [-0.39, 0.29) is 31.8 Å². The molecule has 1 atom stereocenters. The van der Waals surface area contributed by atoms with Crippen molar-refractivity contribution in [2.75, 3.05) is 26.3 Å². The molecule has 0 bridgehead atoms. The topological polar surface area (TPSA) is 88.2 Å². The van der Waals surface area contributed by atoms with Crippen LogP contribution in [0.4, 0.5) is 4.39 Å². The number of fused-ring (bicyclic) bond motifs is 1. The number of benzene rings is 2. The van der Waals surface area contributed by atoms with Gasteiger partial charge in [0.25, 0.3) is 5.91 Å².